The standard InChI is InChI=1S/C66H63N4OS.Pt/c1-63(2,3)44-28-24-42(25-29-44)53-36-47(66(10,11)12)37-54(43-26-30-45(31-27-43)64(4,5)6)60(53)69-41-68(55-21-14-15-22-56(55)69)48-18-17-19-49(39-48)71-50-32-33-51-57(40-50)70(59-38-46(34-35-67-59)65(7,8)9)61-52-20-13-16-23-58(52)72-62(51)61;/h13-38,41H,1-12H3;/q-3;. The van der Waals surface area contributed by atoms with Crippen LogP contribution < -0.4 is 14.5 Å². The van der Waals surface area contributed by atoms with Gasteiger partial charge in [-0.25, -0.2) is 4.98 Å². The van der Waals surface area contributed by atoms with Gasteiger partial charge in [0.2, 0.25) is 0 Å². The van der Waals surface area contributed by atoms with Crippen molar-refractivity contribution in [2.24, 2.45) is 0 Å². The van der Waals surface area contributed by atoms with Crippen LogP contribution in [0.2, 0.25) is 0 Å². The Balaban J connectivity index is 0.00000611. The van der Waals surface area contributed by atoms with E-state index in [-0.39, 0.29) is 42.7 Å². The van der Waals surface area contributed by atoms with Crippen molar-refractivity contribution in [3.05, 3.63) is 199 Å². The predicted octanol–water partition coefficient (Wildman–Crippen LogP) is 18.7. The molecule has 0 bridgehead atoms. The number of thiophene rings is 1. The van der Waals surface area contributed by atoms with Crippen molar-refractivity contribution >= 4 is 65.3 Å². The first-order valence-electron chi connectivity index (χ1n) is 25.2. The fourth-order valence-electron chi connectivity index (χ4n) is 9.97. The molecule has 0 radical (unpaired) electrons. The van der Waals surface area contributed by atoms with E-state index in [4.69, 9.17) is 9.72 Å². The second kappa shape index (κ2) is 18.5. The normalized spacial score (nSPS) is 13.3. The predicted molar refractivity (Wildman–Crippen MR) is 305 cm³/mol. The molecule has 0 fully saturated rings. The molecule has 1 aliphatic rings. The molecule has 11 rings (SSSR count). The first-order chi connectivity index (χ1) is 34.2. The maximum Gasteiger partial charge on any atom is 0.135 e. The Morgan fingerprint density at radius 3 is 1.67 bits per heavy atom. The van der Waals surface area contributed by atoms with Gasteiger partial charge in [-0.15, -0.1) is 54.0 Å². The number of aromatic nitrogens is 2. The summed E-state index contributed by atoms with van der Waals surface area (Å²) in [5.41, 5.74) is 15.9. The third kappa shape index (κ3) is 9.31. The Bertz CT molecular complexity index is 3610. The van der Waals surface area contributed by atoms with Gasteiger partial charge in [0.25, 0.3) is 0 Å². The van der Waals surface area contributed by atoms with Gasteiger partial charge in [-0.2, -0.15) is 12.1 Å². The van der Waals surface area contributed by atoms with Gasteiger partial charge in [-0.05, 0) is 97.5 Å². The molecule has 73 heavy (non-hydrogen) atoms. The van der Waals surface area contributed by atoms with E-state index in [0.29, 0.717) is 11.5 Å². The zero-order chi connectivity index (χ0) is 50.5. The summed E-state index contributed by atoms with van der Waals surface area (Å²) in [6.07, 6.45) is 1.93. The molecule has 0 spiro atoms. The van der Waals surface area contributed by atoms with Gasteiger partial charge in [-0.3, -0.25) is 0 Å². The average Bonchev–Trinajstić information content (AvgIpc) is 4.02. The molecule has 0 saturated heterocycles. The fourth-order valence-corrected chi connectivity index (χ4v) is 11.2. The third-order valence-electron chi connectivity index (χ3n) is 14.2. The van der Waals surface area contributed by atoms with Gasteiger partial charge >= 0.3 is 0 Å². The molecule has 0 saturated carbocycles. The van der Waals surface area contributed by atoms with Crippen molar-refractivity contribution in [2.45, 2.75) is 105 Å². The van der Waals surface area contributed by atoms with Gasteiger partial charge < -0.3 is 19.1 Å². The minimum absolute atomic E-state index is 0. The summed E-state index contributed by atoms with van der Waals surface area (Å²) in [7, 11) is 0. The van der Waals surface area contributed by atoms with Crippen molar-refractivity contribution in [2.75, 3.05) is 9.80 Å². The Labute approximate surface area is 450 Å². The van der Waals surface area contributed by atoms with Crippen LogP contribution in [0.1, 0.15) is 105 Å². The van der Waals surface area contributed by atoms with Gasteiger partial charge in [0.15, 0.2) is 0 Å². The van der Waals surface area contributed by atoms with E-state index in [9.17, 15) is 0 Å². The van der Waals surface area contributed by atoms with E-state index >= 15 is 0 Å². The summed E-state index contributed by atoms with van der Waals surface area (Å²) in [5, 5.41) is 2.32. The Morgan fingerprint density at radius 1 is 0.507 bits per heavy atom. The van der Waals surface area contributed by atoms with Gasteiger partial charge in [0, 0.05) is 81.7 Å². The van der Waals surface area contributed by atoms with Crippen molar-refractivity contribution < 1.29 is 25.8 Å². The molecule has 7 aromatic carbocycles. The van der Waals surface area contributed by atoms with Crippen LogP contribution in [0.25, 0.3) is 59.3 Å². The van der Waals surface area contributed by atoms with Crippen molar-refractivity contribution in [3.8, 4) is 39.6 Å². The largest absolute Gasteiger partial charge is 0.509 e. The number of para-hydroxylation sites is 2. The summed E-state index contributed by atoms with van der Waals surface area (Å²) in [5.74, 6) is 2.07. The van der Waals surface area contributed by atoms with E-state index in [1.54, 1.807) is 0 Å². The van der Waals surface area contributed by atoms with E-state index < -0.39 is 0 Å². The zero-order valence-electron chi connectivity index (χ0n) is 44.0. The Morgan fingerprint density at radius 2 is 1.07 bits per heavy atom. The third-order valence-corrected chi connectivity index (χ3v) is 15.4. The van der Waals surface area contributed by atoms with Crippen LogP contribution in [0, 0.1) is 18.8 Å². The van der Waals surface area contributed by atoms with Crippen LogP contribution in [-0.4, -0.2) is 9.55 Å². The van der Waals surface area contributed by atoms with E-state index in [1.165, 1.54) is 59.3 Å². The first kappa shape index (κ1) is 50.1. The monoisotopic (exact) mass is 1150 g/mol. The topological polar surface area (TPSA) is 33.5 Å². The maximum absolute atomic E-state index is 6.79. The maximum atomic E-state index is 6.79. The number of anilines is 4. The molecule has 0 unspecified atom stereocenters. The van der Waals surface area contributed by atoms with Crippen molar-refractivity contribution in [1.82, 2.24) is 9.55 Å². The van der Waals surface area contributed by atoms with Crippen LogP contribution in [0.5, 0.6) is 11.5 Å². The number of fused-ring (bicyclic) bond motifs is 6. The van der Waals surface area contributed by atoms with Crippen LogP contribution >= 0.6 is 11.3 Å². The molecule has 4 heterocycles. The molecule has 0 amide bonds. The summed E-state index contributed by atoms with van der Waals surface area (Å²) in [6, 6.07) is 62.6. The summed E-state index contributed by atoms with van der Waals surface area (Å²) >= 11 is 1.81. The van der Waals surface area contributed by atoms with Gasteiger partial charge in [0.1, 0.15) is 5.82 Å². The van der Waals surface area contributed by atoms with E-state index in [0.717, 1.165) is 45.0 Å². The summed E-state index contributed by atoms with van der Waals surface area (Å²) < 4.78 is 11.5. The number of hydrogen-bond acceptors (Lipinski definition) is 5. The van der Waals surface area contributed by atoms with Crippen molar-refractivity contribution in [3.63, 3.8) is 0 Å². The summed E-state index contributed by atoms with van der Waals surface area (Å²) in [4.78, 5) is 9.60. The SMILES string of the molecule is CC(C)(C)c1ccc(-c2cc(C(C)(C)C)cc(-c3ccc(C(C)(C)C)cc3)c2N2[CH-]N(c3[c-]c(Oc4[c-]c5c(cc4)c4sc6ccccc6c4n5-c4cc(C(C)(C)C)ccn4)ccc3)c3ccccc32)cc1.[Pt]. The molecule has 10 aromatic rings. The zero-order valence-corrected chi connectivity index (χ0v) is 47.1. The molecule has 3 aromatic heterocycles. The van der Waals surface area contributed by atoms with E-state index in [1.807, 2.05) is 35.7 Å². The van der Waals surface area contributed by atoms with Crippen molar-refractivity contribution in [1.29, 1.82) is 0 Å². The van der Waals surface area contributed by atoms with Gasteiger partial charge in [-0.1, -0.05) is 173 Å². The average molecular weight is 1160 g/mol. The smallest absolute Gasteiger partial charge is 0.135 e. The number of pyridine rings is 1. The molecule has 0 aliphatic carbocycles. The van der Waals surface area contributed by atoms with Crippen LogP contribution in [-0.2, 0) is 42.7 Å². The molecule has 1 aliphatic heterocycles. The molecule has 5 nitrogen and oxygen atoms in total. The number of nitrogens with zero attached hydrogens (tertiary/aromatic N) is 4. The number of ether oxygens (including phenoxy) is 1. The molecule has 372 valence electrons. The number of hydrogen-bond donors (Lipinski definition) is 0. The minimum atomic E-state index is -0.101. The molecular formula is C66H63N4OPtS-3. The van der Waals surface area contributed by atoms with Crippen LogP contribution in [0.4, 0.5) is 22.7 Å². The molecule has 7 heteroatoms. The second-order valence-corrected chi connectivity index (χ2v) is 24.6. The first-order valence-corrected chi connectivity index (χ1v) is 26.0. The fraction of sp³-hybridized carbons (Fsp3) is 0.242. The van der Waals surface area contributed by atoms with Crippen LogP contribution in [0.15, 0.2) is 158 Å². The Kier molecular flexibility index (Phi) is 12.7. The number of rotatable bonds is 7. The Hall–Kier alpha value is -6.46. The van der Waals surface area contributed by atoms with Gasteiger partial charge in [0.05, 0.1) is 5.52 Å². The summed E-state index contributed by atoms with van der Waals surface area (Å²) in [6.45, 7) is 29.6. The van der Waals surface area contributed by atoms with Crippen LogP contribution in [0.3, 0.4) is 0 Å². The second-order valence-electron chi connectivity index (χ2n) is 23.5. The quantitative estimate of drug-likeness (QED) is 0.149. The molecule has 0 N–H and O–H groups in total. The molecule has 0 atom stereocenters. The number of benzene rings is 7. The molecular weight excluding hydrogens is 1090 g/mol. The minimum Gasteiger partial charge on any atom is -0.509 e. The van der Waals surface area contributed by atoms with E-state index in [2.05, 4.69) is 250 Å².